The van der Waals surface area contributed by atoms with E-state index in [2.05, 4.69) is 9.50 Å². The summed E-state index contributed by atoms with van der Waals surface area (Å²) >= 11 is 0. The van der Waals surface area contributed by atoms with Crippen LogP contribution in [0.5, 0.6) is 0 Å². The highest BCUT2D eigenvalue weighted by molar-refractivity contribution is 7.86. The van der Waals surface area contributed by atoms with E-state index in [9.17, 15) is 22.8 Å². The summed E-state index contributed by atoms with van der Waals surface area (Å²) in [4.78, 5) is 40.6. The number of rotatable bonds is 10. The number of carbonyl (C=O) groups excluding carboxylic acids is 3. The molecule has 0 spiro atoms. The molecule has 0 aliphatic heterocycles. The Kier molecular flexibility index (Phi) is 9.56. The van der Waals surface area contributed by atoms with Crippen LogP contribution in [0.15, 0.2) is 72.8 Å². The molecular formula is C28H30N4O6S. The minimum atomic E-state index is -4.12. The van der Waals surface area contributed by atoms with Gasteiger partial charge in [0.15, 0.2) is 0 Å². The molecule has 0 aliphatic carbocycles. The van der Waals surface area contributed by atoms with Gasteiger partial charge in [-0.25, -0.2) is 9.59 Å². The van der Waals surface area contributed by atoms with E-state index in [1.165, 1.54) is 18.2 Å². The highest BCUT2D eigenvalue weighted by Gasteiger charge is 2.26. The van der Waals surface area contributed by atoms with Gasteiger partial charge in [0.2, 0.25) is 0 Å². The average molecular weight is 551 g/mol. The maximum Gasteiger partial charge on any atom is 0.354 e. The van der Waals surface area contributed by atoms with Crippen LogP contribution in [0.1, 0.15) is 52.5 Å². The molecule has 0 aromatic heterocycles. The first-order valence-electron chi connectivity index (χ1n) is 12.2. The maximum atomic E-state index is 13.6. The summed E-state index contributed by atoms with van der Waals surface area (Å²) in [5, 5.41) is 10.2. The number of carbonyl (C=O) groups is 3. The molecule has 0 saturated carbocycles. The molecule has 3 aromatic carbocycles. The number of unbranched alkanes of at least 4 members (excludes halogenated alkanes) is 2. The highest BCUT2D eigenvalue weighted by Crippen LogP contribution is 2.27. The van der Waals surface area contributed by atoms with Crippen molar-refractivity contribution in [2.75, 3.05) is 18.1 Å². The number of nitrogens with zero attached hydrogens (tertiary/aromatic N) is 1. The zero-order valence-corrected chi connectivity index (χ0v) is 22.5. The fourth-order valence-corrected chi connectivity index (χ4v) is 4.16. The summed E-state index contributed by atoms with van der Waals surface area (Å²) in [6.07, 6.45) is 2.96. The smallest absolute Gasteiger partial charge is 0.354 e. The molecule has 39 heavy (non-hydrogen) atoms. The van der Waals surface area contributed by atoms with Crippen LogP contribution in [-0.2, 0) is 14.3 Å². The fraction of sp³-hybridized carbons (Fsp3) is 0.214. The molecule has 0 atom stereocenters. The van der Waals surface area contributed by atoms with Crippen molar-refractivity contribution in [3.63, 3.8) is 0 Å². The van der Waals surface area contributed by atoms with Crippen LogP contribution >= 0.6 is 0 Å². The molecule has 10 nitrogen and oxygen atoms in total. The molecule has 0 fully saturated rings. The first-order valence-corrected chi connectivity index (χ1v) is 14.0. The average Bonchev–Trinajstić information content (AvgIpc) is 2.90. The van der Waals surface area contributed by atoms with E-state index in [0.29, 0.717) is 28.8 Å². The minimum absolute atomic E-state index is 0.00806. The number of nitrogens with two attached hydrogens (primary N) is 1. The van der Waals surface area contributed by atoms with Gasteiger partial charge >= 0.3 is 22.1 Å². The van der Waals surface area contributed by atoms with Crippen LogP contribution < -0.4 is 11.1 Å². The van der Waals surface area contributed by atoms with Gasteiger partial charge in [-0.2, -0.15) is 8.42 Å². The van der Waals surface area contributed by atoms with Gasteiger partial charge in [0.1, 0.15) is 5.84 Å². The van der Waals surface area contributed by atoms with Crippen molar-refractivity contribution >= 4 is 39.5 Å². The molecule has 0 heterocycles. The Balaban J connectivity index is 1.97. The maximum absolute atomic E-state index is 13.6. The second kappa shape index (κ2) is 12.8. The second-order valence-electron chi connectivity index (χ2n) is 8.79. The van der Waals surface area contributed by atoms with Crippen LogP contribution in [-0.4, -0.2) is 49.9 Å². The summed E-state index contributed by atoms with van der Waals surface area (Å²) in [5.74, 6) is -1.93. The van der Waals surface area contributed by atoms with Crippen LogP contribution in [0.25, 0.3) is 11.1 Å². The number of hydrogen-bond donors (Lipinski definition) is 3. The Morgan fingerprint density at radius 2 is 1.59 bits per heavy atom. The van der Waals surface area contributed by atoms with Gasteiger partial charge in [-0.15, -0.1) is 0 Å². The van der Waals surface area contributed by atoms with E-state index in [0.717, 1.165) is 24.0 Å². The monoisotopic (exact) mass is 550 g/mol. The zero-order chi connectivity index (χ0) is 28.6. The van der Waals surface area contributed by atoms with Crippen molar-refractivity contribution in [1.29, 1.82) is 5.41 Å². The minimum Gasteiger partial charge on any atom is -0.384 e. The number of nitrogens with one attached hydrogen (secondary N) is 2. The Labute approximate surface area is 227 Å². The molecule has 3 amide bonds. The predicted molar refractivity (Wildman–Crippen MR) is 149 cm³/mol. The third-order valence-corrected chi connectivity index (χ3v) is 6.18. The van der Waals surface area contributed by atoms with Crippen LogP contribution in [0.3, 0.4) is 0 Å². The molecule has 0 saturated heterocycles. The van der Waals surface area contributed by atoms with Crippen molar-refractivity contribution in [2.45, 2.75) is 26.2 Å². The van der Waals surface area contributed by atoms with Crippen LogP contribution in [0.2, 0.25) is 0 Å². The lowest BCUT2D eigenvalue weighted by molar-refractivity contribution is 0.0749. The van der Waals surface area contributed by atoms with E-state index in [4.69, 9.17) is 11.1 Å². The molecule has 0 aliphatic rings. The quantitative estimate of drug-likeness (QED) is 0.144. The molecule has 0 unspecified atom stereocenters. The summed E-state index contributed by atoms with van der Waals surface area (Å²) in [6.45, 7) is 2.11. The van der Waals surface area contributed by atoms with Gasteiger partial charge in [0.05, 0.1) is 11.8 Å². The van der Waals surface area contributed by atoms with Gasteiger partial charge in [0.25, 0.3) is 5.91 Å². The van der Waals surface area contributed by atoms with Crippen molar-refractivity contribution in [1.82, 2.24) is 4.90 Å². The number of imide groups is 1. The first-order chi connectivity index (χ1) is 18.5. The second-order valence-corrected chi connectivity index (χ2v) is 10.4. The standard InChI is InChI=1S/C28H30N4O6S/c1-3-4-8-17-32(28(35)31-22-14-11-20(12-15-22)25(29)30)26(33)21-13-16-23(19-9-6-5-7-10-19)24(18-21)27(34)38-39(2,36)37/h5-7,9-16,18H,3-4,8,17H2,1-2H3,(H3,29,30)(H,31,35). The number of amides is 3. The summed E-state index contributed by atoms with van der Waals surface area (Å²) < 4.78 is 28.0. The molecule has 204 valence electrons. The van der Waals surface area contributed by atoms with E-state index >= 15 is 0 Å². The Morgan fingerprint density at radius 3 is 2.18 bits per heavy atom. The fourth-order valence-electron chi connectivity index (χ4n) is 3.79. The molecule has 3 rings (SSSR count). The lowest BCUT2D eigenvalue weighted by atomic mass is 9.97. The number of nitrogen functional groups attached to an aromatic ring is 1. The van der Waals surface area contributed by atoms with Gasteiger partial charge in [-0.05, 0) is 53.9 Å². The number of urea groups is 1. The van der Waals surface area contributed by atoms with Gasteiger partial charge in [-0.3, -0.25) is 15.1 Å². The van der Waals surface area contributed by atoms with Crippen LogP contribution in [0.4, 0.5) is 10.5 Å². The summed E-state index contributed by atoms with van der Waals surface area (Å²) in [6, 6.07) is 18.6. The lowest BCUT2D eigenvalue weighted by Crippen LogP contribution is -2.40. The predicted octanol–water partition coefficient (Wildman–Crippen LogP) is 4.62. The lowest BCUT2D eigenvalue weighted by Gasteiger charge is -2.22. The Bertz CT molecular complexity index is 1470. The third kappa shape index (κ3) is 7.99. The van der Waals surface area contributed by atoms with E-state index in [-0.39, 0.29) is 23.5 Å². The van der Waals surface area contributed by atoms with Gasteiger partial charge in [-0.1, -0.05) is 56.2 Å². The topological polar surface area (TPSA) is 160 Å². The first kappa shape index (κ1) is 29.1. The SMILES string of the molecule is CCCCCN(C(=O)Nc1ccc(C(=N)N)cc1)C(=O)c1ccc(-c2ccccc2)c(C(=O)OS(C)(=O)=O)c1. The van der Waals surface area contributed by atoms with Crippen LogP contribution in [0, 0.1) is 5.41 Å². The van der Waals surface area contributed by atoms with Gasteiger partial charge < -0.3 is 15.2 Å². The summed E-state index contributed by atoms with van der Waals surface area (Å²) in [5.41, 5.74) is 7.22. The van der Waals surface area contributed by atoms with Crippen molar-refractivity contribution in [3.8, 4) is 11.1 Å². The molecular weight excluding hydrogens is 520 g/mol. The van der Waals surface area contributed by atoms with Crippen molar-refractivity contribution in [2.24, 2.45) is 5.73 Å². The van der Waals surface area contributed by atoms with Crippen molar-refractivity contribution in [3.05, 3.63) is 89.5 Å². The molecule has 0 radical (unpaired) electrons. The molecule has 0 bridgehead atoms. The zero-order valence-electron chi connectivity index (χ0n) is 21.6. The summed E-state index contributed by atoms with van der Waals surface area (Å²) in [7, 11) is -4.12. The van der Waals surface area contributed by atoms with E-state index in [1.54, 1.807) is 54.6 Å². The normalized spacial score (nSPS) is 10.9. The van der Waals surface area contributed by atoms with Gasteiger partial charge in [0, 0.05) is 23.4 Å². The van der Waals surface area contributed by atoms with E-state index < -0.39 is 28.0 Å². The van der Waals surface area contributed by atoms with E-state index in [1.807, 2.05) is 6.92 Å². The Morgan fingerprint density at radius 1 is 0.949 bits per heavy atom. The highest BCUT2D eigenvalue weighted by atomic mass is 32.2. The molecule has 4 N–H and O–H groups in total. The number of anilines is 1. The third-order valence-electron chi connectivity index (χ3n) is 5.72. The molecule has 3 aromatic rings. The number of amidine groups is 1. The number of benzene rings is 3. The molecule has 11 heteroatoms. The van der Waals surface area contributed by atoms with Crippen molar-refractivity contribution < 1.29 is 27.0 Å². The largest absolute Gasteiger partial charge is 0.384 e. The number of hydrogen-bond acceptors (Lipinski definition) is 7. The Hall–Kier alpha value is -4.51.